The fourth-order valence-electron chi connectivity index (χ4n) is 2.81. The van der Waals surface area contributed by atoms with Crippen LogP contribution in [-0.4, -0.2) is 35.1 Å². The number of ether oxygens (including phenoxy) is 1. The quantitative estimate of drug-likeness (QED) is 0.832. The summed E-state index contributed by atoms with van der Waals surface area (Å²) >= 11 is 11.8. The molecule has 1 aromatic heterocycles. The van der Waals surface area contributed by atoms with E-state index in [0.717, 1.165) is 25.9 Å². The number of hydrogen-bond acceptors (Lipinski definition) is 2. The number of aromatic nitrogens is 1. The molecule has 0 aliphatic carbocycles. The van der Waals surface area contributed by atoms with Crippen LogP contribution in [0.1, 0.15) is 18.9 Å². The zero-order valence-electron chi connectivity index (χ0n) is 12.6. The lowest BCUT2D eigenvalue weighted by atomic mass is 10.1. The number of nitrogens with zero attached hydrogens (tertiary/aromatic N) is 2. The summed E-state index contributed by atoms with van der Waals surface area (Å²) in [5.74, 6) is 0.553. The first-order chi connectivity index (χ1) is 11.1. The summed E-state index contributed by atoms with van der Waals surface area (Å²) < 4.78 is 7.73. The number of halogens is 2. The number of carbonyl (C=O) groups is 1. The molecule has 0 N–H and O–H groups in total. The molecule has 2 aromatic rings. The Bertz CT molecular complexity index is 665. The molecule has 4 nitrogen and oxygen atoms in total. The minimum Gasteiger partial charge on any atom is -0.484 e. The molecule has 0 bridgehead atoms. The van der Waals surface area contributed by atoms with Crippen LogP contribution in [0.4, 0.5) is 0 Å². The van der Waals surface area contributed by atoms with Crippen LogP contribution in [0.25, 0.3) is 0 Å². The van der Waals surface area contributed by atoms with Gasteiger partial charge in [-0.1, -0.05) is 23.2 Å². The van der Waals surface area contributed by atoms with Crippen LogP contribution >= 0.6 is 23.2 Å². The van der Waals surface area contributed by atoms with E-state index in [2.05, 4.69) is 17.0 Å². The van der Waals surface area contributed by atoms with E-state index in [9.17, 15) is 4.79 Å². The van der Waals surface area contributed by atoms with Gasteiger partial charge < -0.3 is 14.2 Å². The van der Waals surface area contributed by atoms with Crippen LogP contribution in [0.15, 0.2) is 42.7 Å². The fraction of sp³-hybridized carbons (Fsp3) is 0.353. The molecular weight excluding hydrogens is 335 g/mol. The van der Waals surface area contributed by atoms with Gasteiger partial charge >= 0.3 is 0 Å². The Hall–Kier alpha value is -1.65. The van der Waals surface area contributed by atoms with Crippen LogP contribution in [0.3, 0.4) is 0 Å². The van der Waals surface area contributed by atoms with E-state index in [-0.39, 0.29) is 12.5 Å². The van der Waals surface area contributed by atoms with Crippen molar-refractivity contribution in [3.63, 3.8) is 0 Å². The highest BCUT2D eigenvalue weighted by Gasteiger charge is 2.23. The van der Waals surface area contributed by atoms with Crippen molar-refractivity contribution in [1.82, 2.24) is 9.47 Å². The zero-order valence-corrected chi connectivity index (χ0v) is 14.1. The third kappa shape index (κ3) is 4.01. The predicted octanol–water partition coefficient (Wildman–Crippen LogP) is 4.04. The van der Waals surface area contributed by atoms with Crippen LogP contribution in [0.5, 0.6) is 5.75 Å². The summed E-state index contributed by atoms with van der Waals surface area (Å²) in [6.07, 6.45) is 6.09. The average Bonchev–Trinajstić information content (AvgIpc) is 3.10. The van der Waals surface area contributed by atoms with Crippen LogP contribution in [0.2, 0.25) is 10.0 Å². The molecule has 1 amide bonds. The Morgan fingerprint density at radius 2 is 1.83 bits per heavy atom. The summed E-state index contributed by atoms with van der Waals surface area (Å²) in [6, 6.07) is 9.53. The van der Waals surface area contributed by atoms with Crippen molar-refractivity contribution in [3.05, 3.63) is 52.8 Å². The maximum atomic E-state index is 12.3. The van der Waals surface area contributed by atoms with Gasteiger partial charge in [0.1, 0.15) is 5.75 Å². The summed E-state index contributed by atoms with van der Waals surface area (Å²) in [7, 11) is 0. The Labute approximate surface area is 145 Å². The number of amides is 1. The lowest BCUT2D eigenvalue weighted by molar-refractivity contribution is -0.134. The smallest absolute Gasteiger partial charge is 0.260 e. The third-order valence-electron chi connectivity index (χ3n) is 4.12. The molecule has 0 saturated carbocycles. The van der Waals surface area contributed by atoms with Gasteiger partial charge in [0.25, 0.3) is 5.91 Å². The van der Waals surface area contributed by atoms with Gasteiger partial charge in [0.15, 0.2) is 6.61 Å². The SMILES string of the molecule is O=C(COc1ccc(Cl)c(Cl)c1)N1CCC(n2cccc2)CC1. The molecule has 2 heterocycles. The van der Waals surface area contributed by atoms with E-state index in [1.54, 1.807) is 18.2 Å². The monoisotopic (exact) mass is 352 g/mol. The van der Waals surface area contributed by atoms with Crippen molar-refractivity contribution in [1.29, 1.82) is 0 Å². The molecule has 0 spiro atoms. The molecule has 1 saturated heterocycles. The van der Waals surface area contributed by atoms with E-state index in [4.69, 9.17) is 27.9 Å². The van der Waals surface area contributed by atoms with Crippen molar-refractivity contribution >= 4 is 29.1 Å². The lowest BCUT2D eigenvalue weighted by Crippen LogP contribution is -2.41. The molecule has 3 rings (SSSR count). The Morgan fingerprint density at radius 1 is 1.13 bits per heavy atom. The Balaban J connectivity index is 1.48. The van der Waals surface area contributed by atoms with Gasteiger partial charge in [-0.3, -0.25) is 4.79 Å². The van der Waals surface area contributed by atoms with E-state index < -0.39 is 0 Å². The van der Waals surface area contributed by atoms with E-state index in [1.165, 1.54) is 0 Å². The number of rotatable bonds is 4. The Morgan fingerprint density at radius 3 is 2.48 bits per heavy atom. The molecule has 6 heteroatoms. The fourth-order valence-corrected chi connectivity index (χ4v) is 3.10. The number of likely N-dealkylation sites (tertiary alicyclic amines) is 1. The minimum atomic E-state index is 0.00188. The molecule has 1 aromatic carbocycles. The second-order valence-corrected chi connectivity index (χ2v) is 6.42. The molecule has 23 heavy (non-hydrogen) atoms. The second kappa shape index (κ2) is 7.28. The van der Waals surface area contributed by atoms with Gasteiger partial charge in [0.2, 0.25) is 0 Å². The van der Waals surface area contributed by atoms with E-state index in [1.807, 2.05) is 17.0 Å². The van der Waals surface area contributed by atoms with Crippen LogP contribution in [-0.2, 0) is 4.79 Å². The highest BCUT2D eigenvalue weighted by atomic mass is 35.5. The molecule has 1 aliphatic heterocycles. The first-order valence-electron chi connectivity index (χ1n) is 7.61. The average molecular weight is 353 g/mol. The maximum Gasteiger partial charge on any atom is 0.260 e. The van der Waals surface area contributed by atoms with E-state index in [0.29, 0.717) is 21.8 Å². The maximum absolute atomic E-state index is 12.3. The van der Waals surface area contributed by atoms with Crippen LogP contribution in [0, 0.1) is 0 Å². The number of benzene rings is 1. The number of piperidine rings is 1. The van der Waals surface area contributed by atoms with Gasteiger partial charge in [-0.05, 0) is 37.1 Å². The number of carbonyl (C=O) groups excluding carboxylic acids is 1. The molecular formula is C17H18Cl2N2O2. The van der Waals surface area contributed by atoms with Crippen molar-refractivity contribution < 1.29 is 9.53 Å². The molecule has 0 unspecified atom stereocenters. The van der Waals surface area contributed by atoms with Gasteiger partial charge in [0, 0.05) is 37.6 Å². The number of hydrogen-bond donors (Lipinski definition) is 0. The molecule has 1 aliphatic rings. The van der Waals surface area contributed by atoms with Crippen molar-refractivity contribution in [2.45, 2.75) is 18.9 Å². The minimum absolute atomic E-state index is 0.00188. The van der Waals surface area contributed by atoms with Crippen molar-refractivity contribution in [2.75, 3.05) is 19.7 Å². The summed E-state index contributed by atoms with van der Waals surface area (Å²) in [4.78, 5) is 14.1. The first kappa shape index (κ1) is 16.2. The van der Waals surface area contributed by atoms with Gasteiger partial charge in [0.05, 0.1) is 10.0 Å². The van der Waals surface area contributed by atoms with Crippen molar-refractivity contribution in [2.24, 2.45) is 0 Å². The highest BCUT2D eigenvalue weighted by molar-refractivity contribution is 6.42. The first-order valence-corrected chi connectivity index (χ1v) is 8.37. The zero-order chi connectivity index (χ0) is 16.2. The molecule has 1 fully saturated rings. The normalized spacial score (nSPS) is 15.7. The topological polar surface area (TPSA) is 34.5 Å². The van der Waals surface area contributed by atoms with Crippen LogP contribution < -0.4 is 4.74 Å². The van der Waals surface area contributed by atoms with Gasteiger partial charge in [-0.2, -0.15) is 0 Å². The Kier molecular flexibility index (Phi) is 5.13. The summed E-state index contributed by atoms with van der Waals surface area (Å²) in [5, 5.41) is 0.890. The molecule has 0 radical (unpaired) electrons. The summed E-state index contributed by atoms with van der Waals surface area (Å²) in [5.41, 5.74) is 0. The van der Waals surface area contributed by atoms with E-state index >= 15 is 0 Å². The summed E-state index contributed by atoms with van der Waals surface area (Å²) in [6.45, 7) is 1.53. The predicted molar refractivity (Wildman–Crippen MR) is 91.2 cm³/mol. The molecule has 0 atom stereocenters. The van der Waals surface area contributed by atoms with Gasteiger partial charge in [-0.25, -0.2) is 0 Å². The van der Waals surface area contributed by atoms with Crippen molar-refractivity contribution in [3.8, 4) is 5.75 Å². The largest absolute Gasteiger partial charge is 0.484 e. The molecule has 122 valence electrons. The second-order valence-electron chi connectivity index (χ2n) is 5.61. The highest BCUT2D eigenvalue weighted by Crippen LogP contribution is 2.26. The standard InChI is InChI=1S/C17H18Cl2N2O2/c18-15-4-3-14(11-16(15)19)23-12-17(22)21-9-5-13(6-10-21)20-7-1-2-8-20/h1-4,7-8,11,13H,5-6,9-10,12H2. The van der Waals surface area contributed by atoms with Gasteiger partial charge in [-0.15, -0.1) is 0 Å². The lowest BCUT2D eigenvalue weighted by Gasteiger charge is -2.32. The third-order valence-corrected chi connectivity index (χ3v) is 4.86.